The van der Waals surface area contributed by atoms with E-state index in [2.05, 4.69) is 20.6 Å². The zero-order chi connectivity index (χ0) is 23.7. The maximum atomic E-state index is 12.6. The molecule has 11 nitrogen and oxygen atoms in total. The molecule has 11 heteroatoms. The number of hydrogen-bond acceptors (Lipinski definition) is 8. The lowest BCUT2D eigenvalue weighted by Gasteiger charge is -2.60. The largest absolute Gasteiger partial charge is 0.475 e. The highest BCUT2D eigenvalue weighted by Gasteiger charge is 2.54. The van der Waals surface area contributed by atoms with Crippen LogP contribution < -0.4 is 20.3 Å². The Labute approximate surface area is 195 Å². The van der Waals surface area contributed by atoms with Crippen LogP contribution in [-0.4, -0.2) is 79.2 Å². The van der Waals surface area contributed by atoms with Gasteiger partial charge in [0.05, 0.1) is 12.3 Å². The number of carbonyl (C=O) groups excluding carboxylic acids is 3. The smallest absolute Gasteiger partial charge is 0.326 e. The van der Waals surface area contributed by atoms with Crippen molar-refractivity contribution in [3.8, 4) is 5.88 Å². The van der Waals surface area contributed by atoms with Crippen molar-refractivity contribution in [2.24, 2.45) is 5.41 Å². The number of aromatic nitrogens is 2. The van der Waals surface area contributed by atoms with Crippen LogP contribution in [0.4, 0.5) is 10.7 Å². The van der Waals surface area contributed by atoms with E-state index in [1.165, 1.54) is 6.08 Å². The second-order valence-electron chi connectivity index (χ2n) is 8.62. The predicted molar refractivity (Wildman–Crippen MR) is 121 cm³/mol. The molecule has 0 atom stereocenters. The Morgan fingerprint density at radius 2 is 1.85 bits per heavy atom. The summed E-state index contributed by atoms with van der Waals surface area (Å²) >= 11 is 0. The molecule has 1 aromatic heterocycles. The number of hydrogen-bond donors (Lipinski definition) is 2. The number of methoxy groups -OCH3 is 1. The second kappa shape index (κ2) is 8.75. The van der Waals surface area contributed by atoms with Gasteiger partial charge in [0.15, 0.2) is 0 Å². The minimum absolute atomic E-state index is 0.0264. The Kier molecular flexibility index (Phi) is 5.62. The monoisotopic (exact) mass is 464 g/mol. The molecule has 0 radical (unpaired) electrons. The number of ether oxygens (including phenoxy) is 2. The van der Waals surface area contributed by atoms with Crippen LogP contribution in [0.5, 0.6) is 5.88 Å². The van der Waals surface area contributed by atoms with Crippen molar-refractivity contribution in [2.75, 3.05) is 51.4 Å². The van der Waals surface area contributed by atoms with Crippen LogP contribution >= 0.6 is 0 Å². The third-order valence-corrected chi connectivity index (χ3v) is 5.96. The Morgan fingerprint density at radius 3 is 2.53 bits per heavy atom. The van der Waals surface area contributed by atoms with E-state index in [0.29, 0.717) is 62.5 Å². The fraction of sp³-hybridized carbons (Fsp3) is 0.348. The van der Waals surface area contributed by atoms with Gasteiger partial charge in [0.1, 0.15) is 12.3 Å². The van der Waals surface area contributed by atoms with Crippen molar-refractivity contribution in [1.82, 2.24) is 25.5 Å². The molecule has 3 fully saturated rings. The zero-order valence-electron chi connectivity index (χ0n) is 18.6. The standard InChI is InChI=1S/C23H24N6O5/c1-33-7-8-34-18-10-16(9-17-19(30)27-22(32)25-17)24-21(26-18)29-13-23(14-29)11-28(12-23)20(31)15-5-3-2-4-6-15/h2-6,9-10H,7-8,11-14H2,1H3,(H2,25,27,30,32)/b17-9-. The van der Waals surface area contributed by atoms with Gasteiger partial charge in [-0.05, 0) is 18.2 Å². The first-order valence-electron chi connectivity index (χ1n) is 10.9. The van der Waals surface area contributed by atoms with Gasteiger partial charge in [0.2, 0.25) is 11.8 Å². The summed E-state index contributed by atoms with van der Waals surface area (Å²) in [5, 5.41) is 4.61. The average Bonchev–Trinajstić information content (AvgIpc) is 3.09. The second-order valence-corrected chi connectivity index (χ2v) is 8.62. The Bertz CT molecular complexity index is 1150. The van der Waals surface area contributed by atoms with Crippen LogP contribution in [0.1, 0.15) is 16.1 Å². The van der Waals surface area contributed by atoms with Crippen molar-refractivity contribution >= 4 is 29.9 Å². The molecule has 1 spiro atoms. The number of benzene rings is 1. The summed E-state index contributed by atoms with van der Waals surface area (Å²) in [5.41, 5.74) is 1.25. The van der Waals surface area contributed by atoms with E-state index in [1.807, 2.05) is 40.1 Å². The minimum Gasteiger partial charge on any atom is -0.475 e. The number of anilines is 1. The lowest BCUT2D eigenvalue weighted by molar-refractivity contribution is -0.115. The van der Waals surface area contributed by atoms with E-state index in [9.17, 15) is 14.4 Å². The molecule has 0 bridgehead atoms. The molecule has 34 heavy (non-hydrogen) atoms. The highest BCUT2D eigenvalue weighted by molar-refractivity contribution is 6.13. The first-order valence-corrected chi connectivity index (χ1v) is 10.9. The van der Waals surface area contributed by atoms with Crippen LogP contribution in [0.15, 0.2) is 42.1 Å². The number of likely N-dealkylation sites (tertiary alicyclic amines) is 1. The van der Waals surface area contributed by atoms with Gasteiger partial charge in [0.25, 0.3) is 11.8 Å². The summed E-state index contributed by atoms with van der Waals surface area (Å²) in [6.07, 6.45) is 1.48. The van der Waals surface area contributed by atoms with E-state index in [1.54, 1.807) is 13.2 Å². The number of rotatable bonds is 7. The maximum Gasteiger partial charge on any atom is 0.326 e. The Morgan fingerprint density at radius 1 is 1.09 bits per heavy atom. The molecule has 2 aromatic rings. The van der Waals surface area contributed by atoms with E-state index >= 15 is 0 Å². The van der Waals surface area contributed by atoms with Gasteiger partial charge in [-0.15, -0.1) is 0 Å². The predicted octanol–water partition coefficient (Wildman–Crippen LogP) is 0.645. The molecule has 0 unspecified atom stereocenters. The third-order valence-electron chi connectivity index (χ3n) is 5.96. The first-order chi connectivity index (χ1) is 16.4. The number of nitrogens with zero attached hydrogens (tertiary/aromatic N) is 4. The molecule has 1 aromatic carbocycles. The van der Waals surface area contributed by atoms with Gasteiger partial charge in [-0.2, -0.15) is 4.98 Å². The highest BCUT2D eigenvalue weighted by Crippen LogP contribution is 2.41. The highest BCUT2D eigenvalue weighted by atomic mass is 16.5. The molecule has 3 aliphatic heterocycles. The molecule has 4 amide bonds. The SMILES string of the molecule is COCCOc1cc(/C=C2\NC(=O)NC2=O)nc(N2CC3(CN(C(=O)c4ccccc4)C3)C2)n1. The van der Waals surface area contributed by atoms with Gasteiger partial charge >= 0.3 is 6.03 Å². The van der Waals surface area contributed by atoms with Gasteiger partial charge in [-0.25, -0.2) is 9.78 Å². The van der Waals surface area contributed by atoms with Gasteiger partial charge < -0.3 is 24.6 Å². The molecule has 4 heterocycles. The first kappa shape index (κ1) is 21.8. The van der Waals surface area contributed by atoms with Crippen LogP contribution in [0.3, 0.4) is 0 Å². The van der Waals surface area contributed by atoms with Crippen molar-refractivity contribution in [1.29, 1.82) is 0 Å². The lowest BCUT2D eigenvalue weighted by atomic mass is 9.72. The quantitative estimate of drug-likeness (QED) is 0.348. The van der Waals surface area contributed by atoms with E-state index < -0.39 is 11.9 Å². The Hall–Kier alpha value is -3.99. The van der Waals surface area contributed by atoms with Gasteiger partial charge in [-0.3, -0.25) is 14.9 Å². The number of carbonyl (C=O) groups is 3. The van der Waals surface area contributed by atoms with Crippen LogP contribution in [0, 0.1) is 5.41 Å². The van der Waals surface area contributed by atoms with E-state index in [0.717, 1.165) is 0 Å². The third kappa shape index (κ3) is 4.29. The van der Waals surface area contributed by atoms with Gasteiger partial charge in [0, 0.05) is 50.3 Å². The summed E-state index contributed by atoms with van der Waals surface area (Å²) in [5.74, 6) is 0.326. The van der Waals surface area contributed by atoms with Gasteiger partial charge in [-0.1, -0.05) is 18.2 Å². The number of imide groups is 1. The van der Waals surface area contributed by atoms with Crippen LogP contribution in [-0.2, 0) is 9.53 Å². The normalized spacial score (nSPS) is 19.5. The van der Waals surface area contributed by atoms with Crippen molar-refractivity contribution in [3.63, 3.8) is 0 Å². The molecule has 5 rings (SSSR count). The average molecular weight is 464 g/mol. The molecule has 176 valence electrons. The summed E-state index contributed by atoms with van der Waals surface area (Å²) in [6.45, 7) is 3.49. The maximum absolute atomic E-state index is 12.6. The van der Waals surface area contributed by atoms with E-state index in [-0.39, 0.29) is 17.0 Å². The van der Waals surface area contributed by atoms with Crippen molar-refractivity contribution in [3.05, 3.63) is 53.4 Å². The number of urea groups is 1. The zero-order valence-corrected chi connectivity index (χ0v) is 18.6. The molecule has 0 saturated carbocycles. The summed E-state index contributed by atoms with van der Waals surface area (Å²) in [6, 6.07) is 10.3. The summed E-state index contributed by atoms with van der Waals surface area (Å²) in [4.78, 5) is 48.9. The van der Waals surface area contributed by atoms with Crippen molar-refractivity contribution in [2.45, 2.75) is 0 Å². The summed E-state index contributed by atoms with van der Waals surface area (Å²) in [7, 11) is 1.58. The number of nitrogens with one attached hydrogen (secondary N) is 2. The van der Waals surface area contributed by atoms with Crippen LogP contribution in [0.25, 0.3) is 6.08 Å². The molecule has 0 aliphatic carbocycles. The van der Waals surface area contributed by atoms with Crippen molar-refractivity contribution < 1.29 is 23.9 Å². The van der Waals surface area contributed by atoms with Crippen LogP contribution in [0.2, 0.25) is 0 Å². The molecule has 2 N–H and O–H groups in total. The topological polar surface area (TPSA) is 126 Å². The molecule has 3 aliphatic rings. The molecule has 3 saturated heterocycles. The number of amides is 4. The van der Waals surface area contributed by atoms with E-state index in [4.69, 9.17) is 9.47 Å². The molecular weight excluding hydrogens is 440 g/mol. The lowest BCUT2D eigenvalue weighted by Crippen LogP contribution is -2.73. The molecular formula is C23H24N6O5. The summed E-state index contributed by atoms with van der Waals surface area (Å²) < 4.78 is 10.7. The fourth-order valence-electron chi connectivity index (χ4n) is 4.35. The minimum atomic E-state index is -0.577. The fourth-order valence-corrected chi connectivity index (χ4v) is 4.35. The Balaban J connectivity index is 1.28.